The Kier molecular flexibility index (Phi) is 9.97. The number of nitrogens with two attached hydrogens (primary N) is 1. The highest BCUT2D eigenvalue weighted by atomic mass is 35.5. The molecule has 2 fully saturated rings. The monoisotopic (exact) mass is 726 g/mol. The van der Waals surface area contributed by atoms with Gasteiger partial charge in [0.1, 0.15) is 53.4 Å². The number of piperidine rings is 1. The predicted octanol–water partition coefficient (Wildman–Crippen LogP) is 5.02. The summed E-state index contributed by atoms with van der Waals surface area (Å²) in [6.07, 6.45) is -0.398. The van der Waals surface area contributed by atoms with Crippen LogP contribution in [0.5, 0.6) is 5.88 Å². The number of hydrogen-bond donors (Lipinski definition) is 2. The number of alkyl halides is 1. The molecular formula is C35H40ClFN6O8. The lowest BCUT2D eigenvalue weighted by molar-refractivity contribution is -0.156. The van der Waals surface area contributed by atoms with Gasteiger partial charge in [-0.2, -0.15) is 0 Å². The SMILES string of the molecule is C[C@H]1CN(C(=O)OCCN)CC[C@]1(F)c1cc(Cl)cnc1O[C@H]1C[C@@H](C(=O)OC(C)(C)C)N(c2nc(CC(=O)O)nc3c2oc2ccccc23)C1. The van der Waals surface area contributed by atoms with Crippen LogP contribution in [0, 0.1) is 5.92 Å². The number of aliphatic carboxylic acids is 1. The van der Waals surface area contributed by atoms with Crippen LogP contribution in [0.15, 0.2) is 40.9 Å². The Morgan fingerprint density at radius 2 is 1.96 bits per heavy atom. The smallest absolute Gasteiger partial charge is 0.409 e. The number of likely N-dealkylation sites (tertiary alicyclic amines) is 1. The first-order valence-corrected chi connectivity index (χ1v) is 17.1. The van der Waals surface area contributed by atoms with E-state index in [-0.39, 0.29) is 79.3 Å². The number of carboxylic acid groups (broad SMARTS) is 1. The number of nitrogens with zero attached hydrogens (tertiary/aromatic N) is 5. The number of carbonyl (C=O) groups excluding carboxylic acids is 2. The number of ether oxygens (including phenoxy) is 3. The maximum Gasteiger partial charge on any atom is 0.409 e. The van der Waals surface area contributed by atoms with E-state index in [0.717, 1.165) is 0 Å². The molecule has 51 heavy (non-hydrogen) atoms. The highest BCUT2D eigenvalue weighted by molar-refractivity contribution is 6.30. The van der Waals surface area contributed by atoms with Gasteiger partial charge in [0.05, 0.1) is 17.1 Å². The second-order valence-electron chi connectivity index (χ2n) is 13.9. The van der Waals surface area contributed by atoms with E-state index in [1.807, 2.05) is 6.07 Å². The second kappa shape index (κ2) is 14.1. The number of fused-ring (bicyclic) bond motifs is 3. The molecule has 2 saturated heterocycles. The van der Waals surface area contributed by atoms with E-state index in [1.165, 1.54) is 17.2 Å². The van der Waals surface area contributed by atoms with Gasteiger partial charge in [-0.1, -0.05) is 30.7 Å². The number of carboxylic acids is 1. The molecule has 3 N–H and O–H groups in total. The van der Waals surface area contributed by atoms with Crippen LogP contribution in [0.3, 0.4) is 0 Å². The van der Waals surface area contributed by atoms with Crippen molar-refractivity contribution >= 4 is 57.5 Å². The molecule has 0 aliphatic carbocycles. The van der Waals surface area contributed by atoms with Gasteiger partial charge < -0.3 is 39.3 Å². The largest absolute Gasteiger partial charge is 0.481 e. The summed E-state index contributed by atoms with van der Waals surface area (Å²) in [6, 6.07) is 7.70. The van der Waals surface area contributed by atoms with Crippen molar-refractivity contribution in [1.29, 1.82) is 0 Å². The lowest BCUT2D eigenvalue weighted by Gasteiger charge is -2.41. The molecule has 4 atom stereocenters. The minimum atomic E-state index is -1.97. The van der Waals surface area contributed by atoms with Crippen LogP contribution in [-0.4, -0.2) is 93.5 Å². The van der Waals surface area contributed by atoms with Crippen LogP contribution in [0.25, 0.3) is 22.1 Å². The summed E-state index contributed by atoms with van der Waals surface area (Å²) in [5.41, 5.74) is 3.94. The highest BCUT2D eigenvalue weighted by Crippen LogP contribution is 2.46. The summed E-state index contributed by atoms with van der Waals surface area (Å²) < 4.78 is 40.7. The fraction of sp³-hybridized carbons (Fsp3) is 0.486. The number of anilines is 1. The molecule has 6 rings (SSSR count). The molecule has 1 amide bonds. The van der Waals surface area contributed by atoms with Gasteiger partial charge in [0.15, 0.2) is 11.4 Å². The van der Waals surface area contributed by atoms with Gasteiger partial charge in [-0.05, 0) is 39.0 Å². The summed E-state index contributed by atoms with van der Waals surface area (Å²) >= 11 is 6.35. The molecule has 0 saturated carbocycles. The minimum Gasteiger partial charge on any atom is -0.481 e. The van der Waals surface area contributed by atoms with Gasteiger partial charge in [0, 0.05) is 50.0 Å². The summed E-state index contributed by atoms with van der Waals surface area (Å²) in [5, 5.41) is 10.5. The van der Waals surface area contributed by atoms with Gasteiger partial charge in [-0.15, -0.1) is 0 Å². The van der Waals surface area contributed by atoms with Gasteiger partial charge >= 0.3 is 18.0 Å². The van der Waals surface area contributed by atoms with Crippen LogP contribution in [0.1, 0.15) is 51.9 Å². The molecule has 14 nitrogen and oxygen atoms in total. The summed E-state index contributed by atoms with van der Waals surface area (Å²) in [5.74, 6) is -2.17. The zero-order valence-corrected chi connectivity index (χ0v) is 29.5. The zero-order chi connectivity index (χ0) is 36.7. The minimum absolute atomic E-state index is 0.00849. The third-order valence-corrected chi connectivity index (χ3v) is 9.14. The number of benzene rings is 1. The summed E-state index contributed by atoms with van der Waals surface area (Å²) in [6.45, 7) is 7.37. The maximum atomic E-state index is 17.1. The van der Waals surface area contributed by atoms with Crippen LogP contribution in [0.2, 0.25) is 5.02 Å². The Hall–Kier alpha value is -4.76. The molecular weight excluding hydrogens is 687 g/mol. The van der Waals surface area contributed by atoms with E-state index in [4.69, 9.17) is 36.0 Å². The van der Waals surface area contributed by atoms with Gasteiger partial charge in [0.2, 0.25) is 5.88 Å². The number of para-hydroxylation sites is 1. The average molecular weight is 727 g/mol. The van der Waals surface area contributed by atoms with Crippen LogP contribution >= 0.6 is 11.6 Å². The van der Waals surface area contributed by atoms with Crippen LogP contribution < -0.4 is 15.4 Å². The van der Waals surface area contributed by atoms with Crippen molar-refractivity contribution in [1.82, 2.24) is 19.9 Å². The van der Waals surface area contributed by atoms with E-state index in [0.29, 0.717) is 16.5 Å². The molecule has 3 aromatic heterocycles. The van der Waals surface area contributed by atoms with E-state index < -0.39 is 53.8 Å². The van der Waals surface area contributed by atoms with Crippen molar-refractivity contribution in [2.45, 2.75) is 70.4 Å². The fourth-order valence-electron chi connectivity index (χ4n) is 6.63. The molecule has 16 heteroatoms. The Balaban J connectivity index is 1.36. The second-order valence-corrected chi connectivity index (χ2v) is 14.3. The number of pyridine rings is 1. The summed E-state index contributed by atoms with van der Waals surface area (Å²) in [7, 11) is 0. The lowest BCUT2D eigenvalue weighted by atomic mass is 9.79. The van der Waals surface area contributed by atoms with Crippen LogP contribution in [-0.2, 0) is 31.2 Å². The molecule has 0 bridgehead atoms. The Labute approximate surface area is 298 Å². The standard InChI is InChI=1S/C35H40ClFN6O8/c1-19-17-42(33(47)48-12-10-38)11-9-35(19,37)23-13-20(36)16-39-31(23)49-21-14-24(32(46)51-34(2,3)4)43(18-21)30-29-28(40-26(41-30)15-27(44)45)22-7-5-6-8-25(22)50-29/h5-8,13,16,19,21,24H,9-12,14-15,17-18,38H2,1-4H3,(H,44,45)/t19-,21-,24-,35+/m0/s1. The quantitative estimate of drug-likeness (QED) is 0.219. The zero-order valence-electron chi connectivity index (χ0n) is 28.7. The number of aromatic nitrogens is 3. The number of hydrogen-bond acceptors (Lipinski definition) is 12. The van der Waals surface area contributed by atoms with Crippen molar-refractivity contribution in [3.05, 3.63) is 52.9 Å². The molecule has 2 aliphatic rings. The Morgan fingerprint density at radius 3 is 2.67 bits per heavy atom. The number of esters is 1. The molecule has 272 valence electrons. The molecule has 2 aliphatic heterocycles. The van der Waals surface area contributed by atoms with Crippen molar-refractivity contribution in [3.63, 3.8) is 0 Å². The van der Waals surface area contributed by atoms with E-state index in [1.54, 1.807) is 50.8 Å². The third kappa shape index (κ3) is 7.49. The van der Waals surface area contributed by atoms with Gasteiger partial charge in [0.25, 0.3) is 0 Å². The van der Waals surface area contributed by atoms with Crippen molar-refractivity contribution in [2.75, 3.05) is 37.7 Å². The first-order chi connectivity index (χ1) is 24.2. The third-order valence-electron chi connectivity index (χ3n) is 8.94. The van der Waals surface area contributed by atoms with E-state index in [2.05, 4.69) is 15.0 Å². The van der Waals surface area contributed by atoms with Gasteiger partial charge in [-0.25, -0.2) is 28.9 Å². The van der Waals surface area contributed by atoms with Crippen molar-refractivity contribution < 1.29 is 42.5 Å². The summed E-state index contributed by atoms with van der Waals surface area (Å²) in [4.78, 5) is 54.6. The first-order valence-electron chi connectivity index (χ1n) is 16.7. The molecule has 1 aromatic carbocycles. The molecule has 5 heterocycles. The van der Waals surface area contributed by atoms with Crippen molar-refractivity contribution in [2.24, 2.45) is 11.7 Å². The van der Waals surface area contributed by atoms with Crippen molar-refractivity contribution in [3.8, 4) is 5.88 Å². The molecule has 4 aromatic rings. The fourth-order valence-corrected chi connectivity index (χ4v) is 6.79. The van der Waals surface area contributed by atoms with E-state index in [9.17, 15) is 19.5 Å². The molecule has 0 unspecified atom stereocenters. The molecule has 0 radical (unpaired) electrons. The Morgan fingerprint density at radius 1 is 1.20 bits per heavy atom. The highest BCUT2D eigenvalue weighted by Gasteiger charge is 2.48. The number of furan rings is 1. The number of halogens is 2. The number of rotatable bonds is 9. The topological polar surface area (TPSA) is 183 Å². The number of carbonyl (C=O) groups is 3. The van der Waals surface area contributed by atoms with E-state index >= 15 is 4.39 Å². The Bertz CT molecular complexity index is 1970. The lowest BCUT2D eigenvalue weighted by Crippen LogP contribution is -2.49. The first kappa shape index (κ1) is 36.0. The molecule has 0 spiro atoms. The maximum absolute atomic E-state index is 17.1. The van der Waals surface area contributed by atoms with Crippen LogP contribution in [0.4, 0.5) is 15.0 Å². The predicted molar refractivity (Wildman–Crippen MR) is 184 cm³/mol. The number of amides is 1. The normalized spacial score (nSPS) is 22.4. The average Bonchev–Trinajstić information content (AvgIpc) is 3.66. The van der Waals surface area contributed by atoms with Gasteiger partial charge in [-0.3, -0.25) is 4.79 Å².